The Kier molecular flexibility index (Phi) is 3.94. The average molecular weight is 377 g/mol. The van der Waals surface area contributed by atoms with E-state index in [1.54, 1.807) is 9.58 Å². The number of para-hydroxylation sites is 1. The zero-order valence-corrected chi connectivity index (χ0v) is 15.1. The second kappa shape index (κ2) is 6.61. The second-order valence-corrected chi connectivity index (χ2v) is 6.73. The number of aromatic nitrogens is 5. The number of benzene rings is 1. The van der Waals surface area contributed by atoms with Gasteiger partial charge in [0.1, 0.15) is 24.4 Å². The number of H-pyrrole nitrogens is 1. The zero-order chi connectivity index (χ0) is 19.1. The van der Waals surface area contributed by atoms with Crippen LogP contribution in [0.4, 0.5) is 5.82 Å². The highest BCUT2D eigenvalue weighted by molar-refractivity contribution is 6.00. The Morgan fingerprint density at radius 3 is 2.86 bits per heavy atom. The Labute approximate surface area is 160 Å². The molecule has 0 radical (unpaired) electrons. The lowest BCUT2D eigenvalue weighted by Crippen LogP contribution is -2.42. The number of nitrogens with zero attached hydrogens (tertiary/aromatic N) is 5. The summed E-state index contributed by atoms with van der Waals surface area (Å²) < 4.78 is 6.92. The van der Waals surface area contributed by atoms with Gasteiger partial charge in [-0.2, -0.15) is 5.10 Å². The maximum absolute atomic E-state index is 12.7. The Morgan fingerprint density at radius 1 is 1.21 bits per heavy atom. The first-order chi connectivity index (χ1) is 13.7. The molecule has 28 heavy (non-hydrogen) atoms. The predicted molar refractivity (Wildman–Crippen MR) is 104 cm³/mol. The minimum Gasteiger partial charge on any atom is -0.383 e. The van der Waals surface area contributed by atoms with Crippen LogP contribution in [0, 0.1) is 0 Å². The van der Waals surface area contributed by atoms with Crippen molar-refractivity contribution in [2.24, 2.45) is 0 Å². The van der Waals surface area contributed by atoms with Crippen LogP contribution in [-0.4, -0.2) is 61.8 Å². The largest absolute Gasteiger partial charge is 0.383 e. The lowest BCUT2D eigenvalue weighted by molar-refractivity contribution is -0.136. The molecule has 1 fully saturated rings. The molecular weight excluding hydrogens is 358 g/mol. The van der Waals surface area contributed by atoms with Crippen LogP contribution in [0.3, 0.4) is 0 Å². The highest BCUT2D eigenvalue weighted by Crippen LogP contribution is 2.31. The lowest BCUT2D eigenvalue weighted by atomic mass is 10.2. The number of aromatic amines is 1. The number of fused-ring (bicyclic) bond motifs is 2. The number of hydrogen-bond acceptors (Lipinski definition) is 6. The molecule has 0 aliphatic carbocycles. The fourth-order valence-electron chi connectivity index (χ4n) is 3.57. The third-order valence-corrected chi connectivity index (χ3v) is 4.99. The van der Waals surface area contributed by atoms with Gasteiger partial charge in [-0.25, -0.2) is 14.6 Å². The predicted octanol–water partition coefficient (Wildman–Crippen LogP) is 1.42. The van der Waals surface area contributed by atoms with Crippen LogP contribution < -0.4 is 5.73 Å². The van der Waals surface area contributed by atoms with E-state index in [0.717, 1.165) is 16.6 Å². The number of nitrogens with one attached hydrogen (secondary N) is 1. The number of carbonyl (C=O) groups is 1. The molecule has 9 nitrogen and oxygen atoms in total. The van der Waals surface area contributed by atoms with Gasteiger partial charge in [-0.1, -0.05) is 18.2 Å². The van der Waals surface area contributed by atoms with Crippen molar-refractivity contribution in [2.75, 3.05) is 32.0 Å². The van der Waals surface area contributed by atoms with Crippen LogP contribution in [-0.2, 0) is 16.1 Å². The third kappa shape index (κ3) is 2.76. The smallest absolute Gasteiger partial charge is 0.244 e. The second-order valence-electron chi connectivity index (χ2n) is 6.73. The highest BCUT2D eigenvalue weighted by Gasteiger charge is 2.22. The molecule has 1 amide bonds. The maximum atomic E-state index is 12.7. The number of ether oxygens (including phenoxy) is 1. The molecule has 142 valence electrons. The van der Waals surface area contributed by atoms with Gasteiger partial charge < -0.3 is 20.4 Å². The van der Waals surface area contributed by atoms with Gasteiger partial charge in [-0.3, -0.25) is 4.79 Å². The molecule has 1 aromatic carbocycles. The molecule has 4 heterocycles. The molecule has 1 aliphatic rings. The van der Waals surface area contributed by atoms with E-state index in [9.17, 15) is 4.79 Å². The van der Waals surface area contributed by atoms with Gasteiger partial charge >= 0.3 is 0 Å². The van der Waals surface area contributed by atoms with Gasteiger partial charge in [0.2, 0.25) is 5.91 Å². The Hall–Kier alpha value is -3.46. The highest BCUT2D eigenvalue weighted by atomic mass is 16.5. The Morgan fingerprint density at radius 2 is 2.04 bits per heavy atom. The quantitative estimate of drug-likeness (QED) is 0.558. The minimum absolute atomic E-state index is 0.0203. The van der Waals surface area contributed by atoms with E-state index in [-0.39, 0.29) is 12.5 Å². The van der Waals surface area contributed by atoms with Crippen molar-refractivity contribution < 1.29 is 9.53 Å². The van der Waals surface area contributed by atoms with Gasteiger partial charge in [0.05, 0.1) is 24.3 Å². The lowest BCUT2D eigenvalue weighted by Gasteiger charge is -2.26. The van der Waals surface area contributed by atoms with Crippen LogP contribution in [0.1, 0.15) is 0 Å². The summed E-state index contributed by atoms with van der Waals surface area (Å²) >= 11 is 0. The first-order valence-corrected chi connectivity index (χ1v) is 9.11. The normalized spacial score (nSPS) is 14.8. The molecule has 1 saturated heterocycles. The number of hydrogen-bond donors (Lipinski definition) is 2. The van der Waals surface area contributed by atoms with Gasteiger partial charge in [0.15, 0.2) is 5.65 Å². The van der Waals surface area contributed by atoms with Crippen molar-refractivity contribution in [3.05, 3.63) is 36.7 Å². The standard InChI is InChI=1S/C19H19N7O2/c20-18-16-17(14-9-12-3-1-2-4-13(12)23-14)24-26(19(16)22-11-21-18)10-15(27)25-5-7-28-8-6-25/h1-4,9,11,23H,5-8,10H2,(H2,20,21,22). The summed E-state index contributed by atoms with van der Waals surface area (Å²) in [5.41, 5.74) is 9.14. The van der Waals surface area contributed by atoms with Crippen molar-refractivity contribution in [1.29, 1.82) is 0 Å². The molecule has 3 N–H and O–H groups in total. The van der Waals surface area contributed by atoms with E-state index in [1.807, 2.05) is 30.3 Å². The summed E-state index contributed by atoms with van der Waals surface area (Å²) in [4.78, 5) is 26.3. The number of anilines is 1. The minimum atomic E-state index is -0.0203. The summed E-state index contributed by atoms with van der Waals surface area (Å²) in [6.45, 7) is 2.38. The summed E-state index contributed by atoms with van der Waals surface area (Å²) in [6, 6.07) is 9.99. The van der Waals surface area contributed by atoms with E-state index in [2.05, 4.69) is 20.1 Å². The van der Waals surface area contributed by atoms with E-state index < -0.39 is 0 Å². The van der Waals surface area contributed by atoms with Crippen molar-refractivity contribution >= 4 is 33.7 Å². The average Bonchev–Trinajstić information content (AvgIpc) is 3.31. The van der Waals surface area contributed by atoms with Crippen LogP contribution in [0.15, 0.2) is 36.7 Å². The Balaban J connectivity index is 1.59. The molecule has 0 unspecified atom stereocenters. The summed E-state index contributed by atoms with van der Waals surface area (Å²) in [6.07, 6.45) is 1.39. The zero-order valence-electron chi connectivity index (χ0n) is 15.1. The number of nitrogen functional groups attached to an aromatic ring is 1. The van der Waals surface area contributed by atoms with Gasteiger partial charge in [0, 0.05) is 24.0 Å². The fraction of sp³-hybridized carbons (Fsp3) is 0.263. The van der Waals surface area contributed by atoms with Gasteiger partial charge in [-0.05, 0) is 12.1 Å². The fourth-order valence-corrected chi connectivity index (χ4v) is 3.57. The monoisotopic (exact) mass is 377 g/mol. The number of rotatable bonds is 3. The van der Waals surface area contributed by atoms with E-state index in [1.165, 1.54) is 6.33 Å². The van der Waals surface area contributed by atoms with Gasteiger partial charge in [-0.15, -0.1) is 0 Å². The van der Waals surface area contributed by atoms with Crippen molar-refractivity contribution in [3.63, 3.8) is 0 Å². The topological polar surface area (TPSA) is 115 Å². The molecule has 5 rings (SSSR count). The first kappa shape index (κ1) is 16.7. The van der Waals surface area contributed by atoms with Crippen LogP contribution in [0.2, 0.25) is 0 Å². The number of carbonyl (C=O) groups excluding carboxylic acids is 1. The molecular formula is C19H19N7O2. The van der Waals surface area contributed by atoms with Crippen LogP contribution >= 0.6 is 0 Å². The van der Waals surface area contributed by atoms with Crippen LogP contribution in [0.5, 0.6) is 0 Å². The summed E-state index contributed by atoms with van der Waals surface area (Å²) in [7, 11) is 0. The van der Waals surface area contributed by atoms with Crippen molar-refractivity contribution in [3.8, 4) is 11.4 Å². The molecule has 0 saturated carbocycles. The van der Waals surface area contributed by atoms with E-state index in [0.29, 0.717) is 48.8 Å². The number of nitrogens with two attached hydrogens (primary N) is 1. The van der Waals surface area contributed by atoms with Crippen molar-refractivity contribution in [2.45, 2.75) is 6.54 Å². The first-order valence-electron chi connectivity index (χ1n) is 9.11. The number of morpholine rings is 1. The SMILES string of the molecule is Nc1ncnc2c1c(-c1cc3ccccc3[nH]1)nn2CC(=O)N1CCOCC1. The van der Waals surface area contributed by atoms with Crippen molar-refractivity contribution in [1.82, 2.24) is 29.6 Å². The van der Waals surface area contributed by atoms with Crippen LogP contribution in [0.25, 0.3) is 33.3 Å². The summed E-state index contributed by atoms with van der Waals surface area (Å²) in [5, 5.41) is 6.39. The molecule has 0 bridgehead atoms. The molecule has 4 aromatic rings. The molecule has 1 aliphatic heterocycles. The summed E-state index contributed by atoms with van der Waals surface area (Å²) in [5.74, 6) is 0.316. The molecule has 0 atom stereocenters. The molecule has 0 spiro atoms. The molecule has 3 aromatic heterocycles. The van der Waals surface area contributed by atoms with E-state index in [4.69, 9.17) is 10.5 Å². The Bertz CT molecular complexity index is 1140. The van der Waals surface area contributed by atoms with E-state index >= 15 is 0 Å². The maximum Gasteiger partial charge on any atom is 0.244 e. The molecule has 9 heteroatoms. The number of amides is 1. The third-order valence-electron chi connectivity index (χ3n) is 4.99. The van der Waals surface area contributed by atoms with Gasteiger partial charge in [0.25, 0.3) is 0 Å².